The molecule has 5 heteroatoms. The van der Waals surface area contributed by atoms with Crippen molar-refractivity contribution in [3.63, 3.8) is 0 Å². The number of hydrogen-bond donors (Lipinski definition) is 0. The molecule has 0 unspecified atom stereocenters. The van der Waals surface area contributed by atoms with Gasteiger partial charge in [0.2, 0.25) is 5.91 Å². The first kappa shape index (κ1) is 16.5. The number of carbonyl (C=O) groups is 2. The van der Waals surface area contributed by atoms with Crippen LogP contribution in [0.1, 0.15) is 25.8 Å². The zero-order valence-corrected chi connectivity index (χ0v) is 12.8. The molecular weight excluding hydrogens is 278 g/mol. The fourth-order valence-electron chi connectivity index (χ4n) is 1.85. The Kier molecular flexibility index (Phi) is 6.52. The number of aryl methyl sites for hydroxylation is 1. The number of halogens is 1. The average Bonchev–Trinajstić information content (AvgIpc) is 2.42. The SMILES string of the molecule is COC(=O)CN(C(=O)CCc1ccccc1Cl)C(C)C. The maximum Gasteiger partial charge on any atom is 0.325 e. The van der Waals surface area contributed by atoms with E-state index in [9.17, 15) is 9.59 Å². The minimum Gasteiger partial charge on any atom is -0.468 e. The molecule has 0 aliphatic carbocycles. The monoisotopic (exact) mass is 297 g/mol. The van der Waals surface area contributed by atoms with Gasteiger partial charge in [0.05, 0.1) is 7.11 Å². The molecule has 0 radical (unpaired) electrons. The quantitative estimate of drug-likeness (QED) is 0.759. The summed E-state index contributed by atoms with van der Waals surface area (Å²) in [5, 5.41) is 0.657. The first-order valence-corrected chi connectivity index (χ1v) is 6.93. The Bertz CT molecular complexity index is 474. The summed E-state index contributed by atoms with van der Waals surface area (Å²) in [4.78, 5) is 25.0. The second kappa shape index (κ2) is 7.90. The number of amides is 1. The van der Waals surface area contributed by atoms with Crippen LogP contribution in [0.25, 0.3) is 0 Å². The Morgan fingerprint density at radius 1 is 1.30 bits per heavy atom. The molecule has 1 amide bonds. The second-order valence-electron chi connectivity index (χ2n) is 4.78. The lowest BCUT2D eigenvalue weighted by molar-refractivity contribution is -0.148. The van der Waals surface area contributed by atoms with Gasteiger partial charge in [0.1, 0.15) is 6.54 Å². The Morgan fingerprint density at radius 3 is 2.50 bits per heavy atom. The maximum atomic E-state index is 12.2. The van der Waals surface area contributed by atoms with E-state index in [-0.39, 0.29) is 18.5 Å². The molecule has 0 aliphatic heterocycles. The molecule has 4 nitrogen and oxygen atoms in total. The van der Waals surface area contributed by atoms with Crippen molar-refractivity contribution in [2.45, 2.75) is 32.7 Å². The van der Waals surface area contributed by atoms with Crippen molar-refractivity contribution in [3.8, 4) is 0 Å². The number of nitrogens with zero attached hydrogens (tertiary/aromatic N) is 1. The summed E-state index contributed by atoms with van der Waals surface area (Å²) >= 11 is 6.06. The number of benzene rings is 1. The van der Waals surface area contributed by atoms with Gasteiger partial charge in [-0.25, -0.2) is 0 Å². The van der Waals surface area contributed by atoms with Gasteiger partial charge in [0.25, 0.3) is 0 Å². The number of carbonyl (C=O) groups excluding carboxylic acids is 2. The van der Waals surface area contributed by atoms with Gasteiger partial charge < -0.3 is 9.64 Å². The number of hydrogen-bond acceptors (Lipinski definition) is 3. The van der Waals surface area contributed by atoms with Crippen molar-refractivity contribution in [2.24, 2.45) is 0 Å². The number of rotatable bonds is 6. The fourth-order valence-corrected chi connectivity index (χ4v) is 2.08. The summed E-state index contributed by atoms with van der Waals surface area (Å²) in [5.74, 6) is -0.491. The van der Waals surface area contributed by atoms with Crippen LogP contribution in [0, 0.1) is 0 Å². The average molecular weight is 298 g/mol. The van der Waals surface area contributed by atoms with Crippen LogP contribution < -0.4 is 0 Å². The molecule has 20 heavy (non-hydrogen) atoms. The molecule has 0 heterocycles. The fraction of sp³-hybridized carbons (Fsp3) is 0.467. The second-order valence-corrected chi connectivity index (χ2v) is 5.19. The van der Waals surface area contributed by atoms with Crippen molar-refractivity contribution in [1.82, 2.24) is 4.90 Å². The molecule has 0 N–H and O–H groups in total. The van der Waals surface area contributed by atoms with Gasteiger partial charge in [-0.1, -0.05) is 29.8 Å². The lowest BCUT2D eigenvalue weighted by atomic mass is 10.1. The molecule has 0 aromatic heterocycles. The Hall–Kier alpha value is -1.55. The number of methoxy groups -OCH3 is 1. The molecule has 0 aliphatic rings. The lowest BCUT2D eigenvalue weighted by Crippen LogP contribution is -2.41. The summed E-state index contributed by atoms with van der Waals surface area (Å²) in [6.07, 6.45) is 0.877. The molecule has 0 saturated carbocycles. The molecule has 1 rings (SSSR count). The lowest BCUT2D eigenvalue weighted by Gasteiger charge is -2.25. The van der Waals surface area contributed by atoms with E-state index in [0.29, 0.717) is 17.9 Å². The van der Waals surface area contributed by atoms with Crippen LogP contribution in [0.15, 0.2) is 24.3 Å². The highest BCUT2D eigenvalue weighted by Gasteiger charge is 2.20. The zero-order valence-electron chi connectivity index (χ0n) is 12.1. The highest BCUT2D eigenvalue weighted by Crippen LogP contribution is 2.17. The van der Waals surface area contributed by atoms with Gasteiger partial charge in [0, 0.05) is 17.5 Å². The van der Waals surface area contributed by atoms with Gasteiger partial charge in [-0.15, -0.1) is 0 Å². The van der Waals surface area contributed by atoms with Crippen LogP contribution in [-0.4, -0.2) is 36.5 Å². The van der Waals surface area contributed by atoms with Crippen molar-refractivity contribution in [1.29, 1.82) is 0 Å². The van der Waals surface area contributed by atoms with Gasteiger partial charge in [-0.2, -0.15) is 0 Å². The van der Waals surface area contributed by atoms with Crippen LogP contribution >= 0.6 is 11.6 Å². The number of ether oxygens (including phenoxy) is 1. The van der Waals surface area contributed by atoms with E-state index in [4.69, 9.17) is 11.6 Å². The molecule has 0 bridgehead atoms. The van der Waals surface area contributed by atoms with E-state index in [1.807, 2.05) is 32.0 Å². The molecule has 110 valence electrons. The highest BCUT2D eigenvalue weighted by molar-refractivity contribution is 6.31. The number of esters is 1. The molecule has 0 atom stereocenters. The largest absolute Gasteiger partial charge is 0.468 e. The van der Waals surface area contributed by atoms with Gasteiger partial charge >= 0.3 is 5.97 Å². The molecule has 0 fully saturated rings. The molecule has 1 aromatic rings. The van der Waals surface area contributed by atoms with Crippen LogP contribution in [-0.2, 0) is 20.7 Å². The van der Waals surface area contributed by atoms with Gasteiger partial charge in [0.15, 0.2) is 0 Å². The summed E-state index contributed by atoms with van der Waals surface area (Å²) in [6.45, 7) is 3.72. The third kappa shape index (κ3) is 4.85. The van der Waals surface area contributed by atoms with Crippen LogP contribution in [0.2, 0.25) is 5.02 Å². The summed E-state index contributed by atoms with van der Waals surface area (Å²) in [5.41, 5.74) is 0.935. The Balaban J connectivity index is 2.63. The van der Waals surface area contributed by atoms with Crippen molar-refractivity contribution < 1.29 is 14.3 Å². The van der Waals surface area contributed by atoms with Crippen LogP contribution in [0.5, 0.6) is 0 Å². The molecule has 0 spiro atoms. The zero-order chi connectivity index (χ0) is 15.1. The van der Waals surface area contributed by atoms with Gasteiger partial charge in [-0.05, 0) is 31.9 Å². The summed E-state index contributed by atoms with van der Waals surface area (Å²) in [6, 6.07) is 7.39. The highest BCUT2D eigenvalue weighted by atomic mass is 35.5. The first-order chi connectivity index (χ1) is 9.45. The van der Waals surface area contributed by atoms with Crippen molar-refractivity contribution in [3.05, 3.63) is 34.9 Å². The van der Waals surface area contributed by atoms with Gasteiger partial charge in [-0.3, -0.25) is 9.59 Å². The van der Waals surface area contributed by atoms with Crippen LogP contribution in [0.3, 0.4) is 0 Å². The Morgan fingerprint density at radius 2 is 1.95 bits per heavy atom. The van der Waals surface area contributed by atoms with E-state index in [1.165, 1.54) is 12.0 Å². The van der Waals surface area contributed by atoms with Crippen molar-refractivity contribution >= 4 is 23.5 Å². The first-order valence-electron chi connectivity index (χ1n) is 6.55. The van der Waals surface area contributed by atoms with E-state index in [0.717, 1.165) is 5.56 Å². The molecular formula is C15H20ClNO3. The maximum absolute atomic E-state index is 12.2. The standard InChI is InChI=1S/C15H20ClNO3/c1-11(2)17(10-15(19)20-3)14(18)9-8-12-6-4-5-7-13(12)16/h4-7,11H,8-10H2,1-3H3. The molecule has 0 saturated heterocycles. The Labute approximate surface area is 124 Å². The predicted molar refractivity (Wildman–Crippen MR) is 78.6 cm³/mol. The van der Waals surface area contributed by atoms with E-state index >= 15 is 0 Å². The van der Waals surface area contributed by atoms with Crippen molar-refractivity contribution in [2.75, 3.05) is 13.7 Å². The predicted octanol–water partition coefficient (Wildman–Crippen LogP) is 2.68. The van der Waals surface area contributed by atoms with E-state index < -0.39 is 5.97 Å². The minimum atomic E-state index is -0.412. The minimum absolute atomic E-state index is 0.0183. The van der Waals surface area contributed by atoms with E-state index in [1.54, 1.807) is 6.07 Å². The van der Waals surface area contributed by atoms with Crippen LogP contribution in [0.4, 0.5) is 0 Å². The van der Waals surface area contributed by atoms with E-state index in [2.05, 4.69) is 4.74 Å². The molecule has 1 aromatic carbocycles. The summed E-state index contributed by atoms with van der Waals surface area (Å²) in [7, 11) is 1.31. The topological polar surface area (TPSA) is 46.6 Å². The third-order valence-corrected chi connectivity index (χ3v) is 3.41. The smallest absolute Gasteiger partial charge is 0.325 e. The normalized spacial score (nSPS) is 10.4. The summed E-state index contributed by atoms with van der Waals surface area (Å²) < 4.78 is 4.61. The third-order valence-electron chi connectivity index (χ3n) is 3.04.